The molecule has 0 N–H and O–H groups in total. The Morgan fingerprint density at radius 1 is 0.783 bits per heavy atom. The van der Waals surface area contributed by atoms with Gasteiger partial charge >= 0.3 is 0 Å². The summed E-state index contributed by atoms with van der Waals surface area (Å²) in [6.45, 7) is 0. The number of benzene rings is 4. The number of nitrogens with zero attached hydrogens (tertiary/aromatic N) is 1. The molecule has 0 saturated carbocycles. The highest BCUT2D eigenvalue weighted by molar-refractivity contribution is 6.22. The van der Waals surface area contributed by atoms with Crippen LogP contribution in [0.3, 0.4) is 0 Å². The van der Waals surface area contributed by atoms with Gasteiger partial charge in [0.1, 0.15) is 5.69 Å². The van der Waals surface area contributed by atoms with Gasteiger partial charge in [-0.1, -0.05) is 77.9 Å². The average Bonchev–Trinajstić information content (AvgIpc) is 3.15. The van der Waals surface area contributed by atoms with Gasteiger partial charge < -0.3 is 4.52 Å². The first-order chi connectivity index (χ1) is 13.1. The molecule has 0 saturated heterocycles. The normalized spacial score (nSPS) is 13.9. The van der Waals surface area contributed by atoms with Crippen molar-refractivity contribution in [3.8, 4) is 11.3 Å². The van der Waals surface area contributed by atoms with Crippen molar-refractivity contribution in [2.75, 3.05) is 0 Å². The second-order valence-electron chi connectivity index (χ2n) is 5.42. The summed E-state index contributed by atoms with van der Waals surface area (Å²) in [6, 6.07) is 16.4. The molecule has 5 aromatic rings. The lowest BCUT2D eigenvalue weighted by Crippen LogP contribution is -1.82. The minimum absolute atomic E-state index is 0.0392. The lowest BCUT2D eigenvalue weighted by Gasteiger charge is -2.06. The van der Waals surface area contributed by atoms with E-state index in [0.717, 1.165) is 21.7 Å². The molecule has 1 heterocycles. The molecule has 1 aromatic heterocycles. The molecule has 2 heteroatoms. The maximum atomic E-state index is 8.47. The van der Waals surface area contributed by atoms with Crippen LogP contribution in [0.4, 0.5) is 0 Å². The van der Waals surface area contributed by atoms with Crippen molar-refractivity contribution in [2.24, 2.45) is 0 Å². The molecule has 0 radical (unpaired) electrons. The molecular weight excluding hydrogens is 282 g/mol. The number of fused-ring (bicyclic) bond motifs is 5. The van der Waals surface area contributed by atoms with Crippen molar-refractivity contribution in [3.05, 3.63) is 78.8 Å². The Morgan fingerprint density at radius 3 is 2.48 bits per heavy atom. The molecule has 0 atom stereocenters. The highest BCUT2D eigenvalue weighted by Gasteiger charge is 2.15. The van der Waals surface area contributed by atoms with Gasteiger partial charge in [0.25, 0.3) is 0 Å². The Balaban J connectivity index is 2.07. The molecule has 2 nitrogen and oxygen atoms in total. The monoisotopic (exact) mass is 299 g/mol. The summed E-state index contributed by atoms with van der Waals surface area (Å²) in [5.74, 6) is 0. The van der Waals surface area contributed by atoms with Crippen LogP contribution >= 0.6 is 0 Å². The van der Waals surface area contributed by atoms with Crippen LogP contribution in [0, 0.1) is 0 Å². The zero-order chi connectivity index (χ0) is 18.7. The first-order valence-electron chi connectivity index (χ1n) is 9.34. The van der Waals surface area contributed by atoms with E-state index >= 15 is 0 Å². The summed E-state index contributed by atoms with van der Waals surface area (Å²) < 4.78 is 38.3. The van der Waals surface area contributed by atoms with Crippen LogP contribution < -0.4 is 0 Å². The molecule has 4 aromatic carbocycles. The van der Waals surface area contributed by atoms with Crippen LogP contribution in [0.1, 0.15) is 5.48 Å². The van der Waals surface area contributed by atoms with Gasteiger partial charge in [0, 0.05) is 10.9 Å². The number of aromatic nitrogens is 1. The second-order valence-corrected chi connectivity index (χ2v) is 5.42. The van der Waals surface area contributed by atoms with E-state index in [0.29, 0.717) is 22.0 Å². The van der Waals surface area contributed by atoms with Crippen LogP contribution in [-0.2, 0) is 0 Å². The van der Waals surface area contributed by atoms with Crippen molar-refractivity contribution >= 4 is 32.5 Å². The summed E-state index contributed by atoms with van der Waals surface area (Å²) in [5, 5.41) is 7.59. The zero-order valence-electron chi connectivity index (χ0n) is 16.1. The van der Waals surface area contributed by atoms with E-state index in [1.165, 1.54) is 0 Å². The van der Waals surface area contributed by atoms with E-state index in [2.05, 4.69) is 5.16 Å². The predicted octanol–water partition coefficient (Wildman–Crippen LogP) is 5.80. The molecule has 0 aliphatic carbocycles. The quantitative estimate of drug-likeness (QED) is 0.365. The summed E-state index contributed by atoms with van der Waals surface area (Å²) in [5.41, 5.74) is 2.14. The molecule has 0 amide bonds. The van der Waals surface area contributed by atoms with Gasteiger partial charge in [0.15, 0.2) is 5.58 Å². The van der Waals surface area contributed by atoms with Crippen LogP contribution in [0.5, 0.6) is 0 Å². The molecule has 23 heavy (non-hydrogen) atoms. The SMILES string of the molecule is [2H]c1c([2H])c([2H])c2c(ccc3ccc4onc(-c5ccccc5)c4c32)c1[2H]. The fraction of sp³-hybridized carbons (Fsp3) is 0. The second kappa shape index (κ2) is 4.68. The van der Waals surface area contributed by atoms with Gasteiger partial charge in [-0.3, -0.25) is 0 Å². The number of hydrogen-bond acceptors (Lipinski definition) is 2. The Bertz CT molecular complexity index is 1360. The third-order valence-electron chi connectivity index (χ3n) is 4.11. The molecule has 0 aliphatic rings. The fourth-order valence-corrected chi connectivity index (χ4v) is 3.07. The van der Waals surface area contributed by atoms with E-state index in [-0.39, 0.29) is 24.2 Å². The van der Waals surface area contributed by atoms with Gasteiger partial charge in [0.05, 0.1) is 10.9 Å². The van der Waals surface area contributed by atoms with Gasteiger partial charge in [-0.15, -0.1) is 0 Å². The topological polar surface area (TPSA) is 26.0 Å². The summed E-state index contributed by atoms with van der Waals surface area (Å²) >= 11 is 0. The third kappa shape index (κ3) is 1.78. The van der Waals surface area contributed by atoms with Crippen LogP contribution in [0.25, 0.3) is 43.8 Å². The molecule has 5 rings (SSSR count). The number of rotatable bonds is 1. The molecule has 0 spiro atoms. The van der Waals surface area contributed by atoms with E-state index in [1.54, 1.807) is 6.07 Å². The Morgan fingerprint density at radius 2 is 1.57 bits per heavy atom. The summed E-state index contributed by atoms with van der Waals surface area (Å²) in [6.07, 6.45) is 0. The maximum absolute atomic E-state index is 8.47. The molecule has 108 valence electrons. The minimum Gasteiger partial charge on any atom is -0.356 e. The minimum atomic E-state index is -0.241. The largest absolute Gasteiger partial charge is 0.356 e. The van der Waals surface area contributed by atoms with Crippen molar-refractivity contribution in [3.63, 3.8) is 0 Å². The van der Waals surface area contributed by atoms with Crippen molar-refractivity contribution < 1.29 is 10.0 Å². The van der Waals surface area contributed by atoms with Crippen molar-refractivity contribution in [1.29, 1.82) is 0 Å². The summed E-state index contributed by atoms with van der Waals surface area (Å²) in [7, 11) is 0. The highest BCUT2D eigenvalue weighted by atomic mass is 16.5. The van der Waals surface area contributed by atoms with Crippen LogP contribution in [0.15, 0.2) is 83.3 Å². The van der Waals surface area contributed by atoms with Crippen LogP contribution in [-0.4, -0.2) is 5.16 Å². The molecule has 0 unspecified atom stereocenters. The molecular formula is C21H13NO. The Kier molecular flexibility index (Phi) is 1.85. The smallest absolute Gasteiger partial charge is 0.168 e. The lowest BCUT2D eigenvalue weighted by atomic mass is 9.96. The van der Waals surface area contributed by atoms with E-state index < -0.39 is 0 Å². The first kappa shape index (κ1) is 9.11. The first-order valence-corrected chi connectivity index (χ1v) is 7.34. The molecule has 0 bridgehead atoms. The number of hydrogen-bond donors (Lipinski definition) is 0. The Hall–Kier alpha value is -3.13. The zero-order valence-corrected chi connectivity index (χ0v) is 12.1. The van der Waals surface area contributed by atoms with Gasteiger partial charge in [-0.2, -0.15) is 0 Å². The van der Waals surface area contributed by atoms with Crippen molar-refractivity contribution in [1.82, 2.24) is 5.16 Å². The third-order valence-corrected chi connectivity index (χ3v) is 4.11. The van der Waals surface area contributed by atoms with E-state index in [9.17, 15) is 0 Å². The highest BCUT2D eigenvalue weighted by Crippen LogP contribution is 2.37. The lowest BCUT2D eigenvalue weighted by molar-refractivity contribution is 0.459. The predicted molar refractivity (Wildman–Crippen MR) is 94.5 cm³/mol. The van der Waals surface area contributed by atoms with E-state index in [4.69, 9.17) is 10.0 Å². The van der Waals surface area contributed by atoms with Crippen molar-refractivity contribution in [2.45, 2.75) is 0 Å². The molecule has 0 aliphatic heterocycles. The van der Waals surface area contributed by atoms with Gasteiger partial charge in [-0.25, -0.2) is 0 Å². The van der Waals surface area contributed by atoms with E-state index in [1.807, 2.05) is 48.5 Å². The standard InChI is InChI=1S/C21H13NO/c1-2-7-16(8-3-1)21-20-18(23-22-21)13-12-15-11-10-14-6-4-5-9-17(14)19(15)20/h1-13H/i4D,5D,6D,9D. The fourth-order valence-electron chi connectivity index (χ4n) is 3.07. The average molecular weight is 299 g/mol. The molecule has 0 fully saturated rings. The summed E-state index contributed by atoms with van der Waals surface area (Å²) in [4.78, 5) is 0. The maximum Gasteiger partial charge on any atom is 0.168 e. The van der Waals surface area contributed by atoms with Crippen LogP contribution in [0.2, 0.25) is 0 Å². The van der Waals surface area contributed by atoms with Gasteiger partial charge in [-0.05, 0) is 22.2 Å². The van der Waals surface area contributed by atoms with Gasteiger partial charge in [0.2, 0.25) is 0 Å². The Labute approximate surface area is 138 Å².